The molecule has 0 radical (unpaired) electrons. The van der Waals surface area contributed by atoms with E-state index in [0.717, 1.165) is 51.4 Å². The van der Waals surface area contributed by atoms with Gasteiger partial charge in [-0.15, -0.1) is 0 Å². The summed E-state index contributed by atoms with van der Waals surface area (Å²) < 4.78 is 5.50. The number of hydrogen-bond donors (Lipinski definition) is 1. The van der Waals surface area contributed by atoms with Crippen molar-refractivity contribution in [3.8, 4) is 0 Å². The van der Waals surface area contributed by atoms with Crippen LogP contribution in [0.2, 0.25) is 0 Å². The third-order valence-electron chi connectivity index (χ3n) is 9.71. The van der Waals surface area contributed by atoms with Gasteiger partial charge in [-0.3, -0.25) is 14.4 Å². The summed E-state index contributed by atoms with van der Waals surface area (Å²) in [5.74, 6) is 0.824. The zero-order valence-corrected chi connectivity index (χ0v) is 24.1. The predicted molar refractivity (Wildman–Crippen MR) is 142 cm³/mol. The minimum atomic E-state index is -0.712. The van der Waals surface area contributed by atoms with E-state index in [1.165, 1.54) is 6.92 Å². The first-order valence-electron chi connectivity index (χ1n) is 14.1. The minimum Gasteiger partial charge on any atom is -0.481 e. The lowest BCUT2D eigenvalue weighted by molar-refractivity contribution is -0.147. The second-order valence-corrected chi connectivity index (χ2v) is 12.5. The van der Waals surface area contributed by atoms with E-state index in [9.17, 15) is 19.5 Å². The Morgan fingerprint density at radius 2 is 1.69 bits per heavy atom. The van der Waals surface area contributed by atoms with Gasteiger partial charge in [0.25, 0.3) is 0 Å². The van der Waals surface area contributed by atoms with E-state index in [1.807, 2.05) is 13.8 Å². The Balaban J connectivity index is 3.07. The first-order valence-corrected chi connectivity index (χ1v) is 14.1. The van der Waals surface area contributed by atoms with Gasteiger partial charge in [0.1, 0.15) is 11.9 Å². The van der Waals surface area contributed by atoms with Gasteiger partial charge in [0.05, 0.1) is 0 Å². The molecule has 0 aromatic carbocycles. The highest BCUT2D eigenvalue weighted by molar-refractivity contribution is 5.80. The molecule has 0 heterocycles. The highest BCUT2D eigenvalue weighted by Gasteiger charge is 2.47. The first-order chi connectivity index (χ1) is 16.2. The van der Waals surface area contributed by atoms with Gasteiger partial charge in [-0.2, -0.15) is 0 Å². The number of ketones is 1. The lowest BCUT2D eigenvalue weighted by Gasteiger charge is -2.42. The van der Waals surface area contributed by atoms with Gasteiger partial charge in [0, 0.05) is 25.7 Å². The number of carbonyl (C=O) groups excluding carboxylic acids is 2. The fraction of sp³-hybridized carbons (Fsp3) is 0.900. The smallest absolute Gasteiger partial charge is 0.303 e. The van der Waals surface area contributed by atoms with Gasteiger partial charge in [0.15, 0.2) is 0 Å². The molecular weight excluding hydrogens is 440 g/mol. The molecule has 1 rings (SSSR count). The van der Waals surface area contributed by atoms with Crippen LogP contribution in [0.25, 0.3) is 0 Å². The van der Waals surface area contributed by atoms with E-state index >= 15 is 0 Å². The van der Waals surface area contributed by atoms with Crippen molar-refractivity contribution in [2.24, 2.45) is 40.4 Å². The fourth-order valence-electron chi connectivity index (χ4n) is 6.48. The standard InChI is InChI=1S/C30H54O5/c1-10-20(3)27(32)19-24(29(7,8)16-15-25(11-2)35-23(6)31)14-17-30(9)22(5)12-13-26(30)21(4)18-28(33)34/h20-22,24-26H,10-19H2,1-9H3,(H,33,34)/t20-,21+,22?,24?,25-,26+,30-/m0/s1. The SMILES string of the molecule is CC[C@@H](CCC(C)(C)C(CC[C@@]1(C)C(C)CC[C@@H]1[C@H](C)CC(=O)O)CC(=O)[C@@H](C)CC)OC(C)=O. The Kier molecular flexibility index (Phi) is 12.5. The van der Waals surface area contributed by atoms with E-state index in [4.69, 9.17) is 4.74 Å². The molecule has 1 aliphatic carbocycles. The summed E-state index contributed by atoms with van der Waals surface area (Å²) >= 11 is 0. The number of carboxylic acid groups (broad SMARTS) is 1. The molecule has 0 spiro atoms. The summed E-state index contributed by atoms with van der Waals surface area (Å²) in [6, 6.07) is 0. The van der Waals surface area contributed by atoms with Crippen molar-refractivity contribution >= 4 is 17.7 Å². The highest BCUT2D eigenvalue weighted by atomic mass is 16.5. The molecule has 5 heteroatoms. The number of carboxylic acids is 1. The van der Waals surface area contributed by atoms with Crippen molar-refractivity contribution in [1.29, 1.82) is 0 Å². The number of ether oxygens (including phenoxy) is 1. The summed E-state index contributed by atoms with van der Waals surface area (Å²) in [5.41, 5.74) is 0.0311. The second kappa shape index (κ2) is 13.8. The van der Waals surface area contributed by atoms with Crippen LogP contribution in [0.15, 0.2) is 0 Å². The summed E-state index contributed by atoms with van der Waals surface area (Å²) in [6.45, 7) is 18.9. The fourth-order valence-corrected chi connectivity index (χ4v) is 6.48. The molecule has 5 nitrogen and oxygen atoms in total. The molecule has 0 saturated heterocycles. The molecule has 0 bridgehead atoms. The molecule has 0 aromatic rings. The van der Waals surface area contributed by atoms with Crippen molar-refractivity contribution in [2.45, 2.75) is 133 Å². The molecule has 0 amide bonds. The Labute approximate surface area is 215 Å². The monoisotopic (exact) mass is 494 g/mol. The Morgan fingerprint density at radius 3 is 2.20 bits per heavy atom. The molecule has 1 saturated carbocycles. The molecule has 1 N–H and O–H groups in total. The van der Waals surface area contributed by atoms with Crippen LogP contribution >= 0.6 is 0 Å². The van der Waals surface area contributed by atoms with Crippen molar-refractivity contribution < 1.29 is 24.2 Å². The summed E-state index contributed by atoms with van der Waals surface area (Å²) in [7, 11) is 0. The third kappa shape index (κ3) is 9.21. The molecule has 7 atom stereocenters. The van der Waals surface area contributed by atoms with Crippen LogP contribution in [0.1, 0.15) is 127 Å². The van der Waals surface area contributed by atoms with Crippen LogP contribution in [0.3, 0.4) is 0 Å². The largest absolute Gasteiger partial charge is 0.481 e. The number of esters is 1. The van der Waals surface area contributed by atoms with Crippen molar-refractivity contribution in [2.75, 3.05) is 0 Å². The van der Waals surface area contributed by atoms with Crippen molar-refractivity contribution in [1.82, 2.24) is 0 Å². The molecule has 35 heavy (non-hydrogen) atoms. The maximum Gasteiger partial charge on any atom is 0.303 e. The van der Waals surface area contributed by atoms with E-state index in [2.05, 4.69) is 41.5 Å². The summed E-state index contributed by atoms with van der Waals surface area (Å²) in [6.07, 6.45) is 8.33. The number of aliphatic carboxylic acids is 1. The van der Waals surface area contributed by atoms with Gasteiger partial charge in [0.2, 0.25) is 0 Å². The van der Waals surface area contributed by atoms with E-state index in [0.29, 0.717) is 24.0 Å². The van der Waals surface area contributed by atoms with Crippen molar-refractivity contribution in [3.63, 3.8) is 0 Å². The van der Waals surface area contributed by atoms with E-state index in [-0.39, 0.29) is 47.1 Å². The van der Waals surface area contributed by atoms with Crippen LogP contribution in [-0.4, -0.2) is 28.9 Å². The normalized spacial score (nSPS) is 26.1. The molecule has 1 fully saturated rings. The summed E-state index contributed by atoms with van der Waals surface area (Å²) in [4.78, 5) is 36.0. The molecule has 0 aromatic heterocycles. The topological polar surface area (TPSA) is 80.7 Å². The van der Waals surface area contributed by atoms with Crippen LogP contribution in [0, 0.1) is 40.4 Å². The molecule has 1 aliphatic rings. The maximum absolute atomic E-state index is 13.1. The minimum absolute atomic E-state index is 0.0585. The molecule has 0 aliphatic heterocycles. The van der Waals surface area contributed by atoms with Gasteiger partial charge in [-0.05, 0) is 85.9 Å². The lowest BCUT2D eigenvalue weighted by Crippen LogP contribution is -2.35. The average molecular weight is 495 g/mol. The molecule has 204 valence electrons. The Bertz CT molecular complexity index is 699. The van der Waals surface area contributed by atoms with Crippen LogP contribution in [-0.2, 0) is 19.1 Å². The summed E-state index contributed by atoms with van der Waals surface area (Å²) in [5, 5.41) is 9.39. The molecule has 2 unspecified atom stereocenters. The quantitative estimate of drug-likeness (QED) is 0.222. The third-order valence-corrected chi connectivity index (χ3v) is 9.71. The zero-order chi connectivity index (χ0) is 27.0. The lowest BCUT2D eigenvalue weighted by atomic mass is 9.63. The van der Waals surface area contributed by atoms with Gasteiger partial charge in [-0.25, -0.2) is 0 Å². The first kappa shape index (κ1) is 31.6. The van der Waals surface area contributed by atoms with Crippen molar-refractivity contribution in [3.05, 3.63) is 0 Å². The number of carbonyl (C=O) groups is 3. The number of rotatable bonds is 16. The van der Waals surface area contributed by atoms with Crippen LogP contribution in [0.4, 0.5) is 0 Å². The van der Waals surface area contributed by atoms with Crippen LogP contribution < -0.4 is 0 Å². The van der Waals surface area contributed by atoms with E-state index in [1.54, 1.807) is 0 Å². The molecular formula is C30H54O5. The Hall–Kier alpha value is -1.39. The van der Waals surface area contributed by atoms with E-state index < -0.39 is 5.97 Å². The van der Waals surface area contributed by atoms with Gasteiger partial charge >= 0.3 is 11.9 Å². The number of hydrogen-bond acceptors (Lipinski definition) is 4. The number of Topliss-reactive ketones (excluding diaryl/α,β-unsaturated/α-hetero) is 1. The van der Waals surface area contributed by atoms with Gasteiger partial charge in [-0.1, -0.05) is 55.4 Å². The average Bonchev–Trinajstić information content (AvgIpc) is 3.06. The van der Waals surface area contributed by atoms with Gasteiger partial charge < -0.3 is 9.84 Å². The Morgan fingerprint density at radius 1 is 1.06 bits per heavy atom. The highest BCUT2D eigenvalue weighted by Crippen LogP contribution is 2.55. The zero-order valence-electron chi connectivity index (χ0n) is 24.1. The van der Waals surface area contributed by atoms with Crippen LogP contribution in [0.5, 0.6) is 0 Å². The second-order valence-electron chi connectivity index (χ2n) is 12.5. The maximum atomic E-state index is 13.1. The predicted octanol–water partition coefficient (Wildman–Crippen LogP) is 7.70.